The Morgan fingerprint density at radius 2 is 1.75 bits per heavy atom. The van der Waals surface area contributed by atoms with Gasteiger partial charge in [-0.3, -0.25) is 0 Å². The topological polar surface area (TPSA) is 65.4 Å². The molecule has 0 spiro atoms. The van der Waals surface area contributed by atoms with Crippen LogP contribution >= 0.6 is 0 Å². The van der Waals surface area contributed by atoms with Gasteiger partial charge in [-0.05, 0) is 0 Å². The first-order valence-corrected chi connectivity index (χ1v) is 4.19. The Hall–Kier alpha value is -2.18. The van der Waals surface area contributed by atoms with Crippen molar-refractivity contribution in [3.8, 4) is 11.3 Å². The normalized spacial score (nSPS) is 10.4. The van der Waals surface area contributed by atoms with E-state index < -0.39 is 23.0 Å². The van der Waals surface area contributed by atoms with E-state index in [1.54, 1.807) is 0 Å². The van der Waals surface area contributed by atoms with Crippen LogP contribution in [0.25, 0.3) is 11.3 Å². The molecule has 1 aromatic heterocycles. The molecule has 0 aliphatic carbocycles. The number of nitrogens with one attached hydrogen (secondary N) is 2. The van der Waals surface area contributed by atoms with Crippen molar-refractivity contribution >= 4 is 6.21 Å². The first-order chi connectivity index (χ1) is 7.63. The molecule has 0 amide bonds. The Morgan fingerprint density at radius 3 is 2.31 bits per heavy atom. The van der Waals surface area contributed by atoms with Crippen molar-refractivity contribution in [1.29, 1.82) is 5.41 Å². The molecule has 1 heterocycles. The van der Waals surface area contributed by atoms with Crippen molar-refractivity contribution in [3.63, 3.8) is 0 Å². The van der Waals surface area contributed by atoms with E-state index in [4.69, 9.17) is 5.41 Å². The lowest BCUT2D eigenvalue weighted by Crippen LogP contribution is -1.95. The van der Waals surface area contributed by atoms with Crippen molar-refractivity contribution in [2.45, 2.75) is 0 Å². The summed E-state index contributed by atoms with van der Waals surface area (Å²) in [5, 5.41) is 16.1. The van der Waals surface area contributed by atoms with Crippen LogP contribution in [0.1, 0.15) is 5.69 Å². The number of nitrogens with zero attached hydrogens (tertiary/aromatic N) is 2. The van der Waals surface area contributed by atoms with Gasteiger partial charge in [-0.2, -0.15) is 15.4 Å². The van der Waals surface area contributed by atoms with Gasteiger partial charge in [0.15, 0.2) is 0 Å². The highest BCUT2D eigenvalue weighted by atomic mass is 19.1. The zero-order valence-electron chi connectivity index (χ0n) is 7.76. The molecule has 0 fully saturated rings. The van der Waals surface area contributed by atoms with Crippen molar-refractivity contribution in [1.82, 2.24) is 15.4 Å². The Kier molecular flexibility index (Phi) is 2.43. The van der Waals surface area contributed by atoms with Gasteiger partial charge in [0, 0.05) is 18.3 Å². The van der Waals surface area contributed by atoms with E-state index in [2.05, 4.69) is 15.4 Å². The Labute approximate surface area is 87.6 Å². The van der Waals surface area contributed by atoms with Gasteiger partial charge in [-0.15, -0.1) is 0 Å². The molecule has 0 saturated carbocycles. The summed E-state index contributed by atoms with van der Waals surface area (Å²) in [7, 11) is 0. The second-order valence-electron chi connectivity index (χ2n) is 2.95. The highest BCUT2D eigenvalue weighted by molar-refractivity contribution is 5.84. The maximum absolute atomic E-state index is 13.4. The van der Waals surface area contributed by atoms with Crippen molar-refractivity contribution in [3.05, 3.63) is 35.3 Å². The third-order valence-corrected chi connectivity index (χ3v) is 1.96. The number of aromatic amines is 1. The minimum atomic E-state index is -1.09. The van der Waals surface area contributed by atoms with E-state index in [1.165, 1.54) is 0 Å². The van der Waals surface area contributed by atoms with E-state index >= 15 is 0 Å². The molecule has 0 unspecified atom stereocenters. The molecule has 2 aromatic rings. The summed E-state index contributed by atoms with van der Waals surface area (Å²) in [4.78, 5) is 0. The molecular weight excluding hydrogens is 221 g/mol. The van der Waals surface area contributed by atoms with E-state index in [-0.39, 0.29) is 11.4 Å². The Balaban J connectivity index is 2.69. The van der Waals surface area contributed by atoms with Gasteiger partial charge in [0.2, 0.25) is 0 Å². The number of H-pyrrole nitrogens is 1. The van der Waals surface area contributed by atoms with E-state index in [1.807, 2.05) is 0 Å². The fraction of sp³-hybridized carbons (Fsp3) is 0. The molecule has 0 saturated heterocycles. The molecule has 2 N–H and O–H groups in total. The van der Waals surface area contributed by atoms with Gasteiger partial charge >= 0.3 is 0 Å². The second-order valence-corrected chi connectivity index (χ2v) is 2.95. The van der Waals surface area contributed by atoms with Gasteiger partial charge < -0.3 is 5.41 Å². The third kappa shape index (κ3) is 1.56. The van der Waals surface area contributed by atoms with Crippen LogP contribution in [0.2, 0.25) is 0 Å². The molecule has 1 aromatic carbocycles. The lowest BCUT2D eigenvalue weighted by molar-refractivity contribution is 0.547. The monoisotopic (exact) mass is 226 g/mol. The van der Waals surface area contributed by atoms with E-state index in [0.29, 0.717) is 12.1 Å². The molecule has 0 bridgehead atoms. The predicted octanol–water partition coefficient (Wildman–Crippen LogP) is 1.89. The number of halogens is 3. The number of aromatic nitrogens is 3. The first-order valence-electron chi connectivity index (χ1n) is 4.19. The highest BCUT2D eigenvalue weighted by Gasteiger charge is 2.19. The van der Waals surface area contributed by atoms with Gasteiger partial charge in [0.05, 0.1) is 5.56 Å². The van der Waals surface area contributed by atoms with Crippen molar-refractivity contribution in [2.24, 2.45) is 0 Å². The molecule has 82 valence electrons. The Bertz CT molecular complexity index is 526. The maximum Gasteiger partial charge on any atom is 0.138 e. The van der Waals surface area contributed by atoms with Gasteiger partial charge in [0.25, 0.3) is 0 Å². The number of rotatable bonds is 2. The molecule has 2 rings (SSSR count). The summed E-state index contributed by atoms with van der Waals surface area (Å²) in [6.45, 7) is 0. The Morgan fingerprint density at radius 1 is 1.12 bits per heavy atom. The molecule has 0 atom stereocenters. The molecule has 7 heteroatoms. The molecule has 0 aliphatic heterocycles. The average molecular weight is 226 g/mol. The smallest absolute Gasteiger partial charge is 0.138 e. The average Bonchev–Trinajstić information content (AvgIpc) is 2.64. The van der Waals surface area contributed by atoms with Crippen LogP contribution in [0, 0.1) is 22.9 Å². The molecule has 0 radical (unpaired) electrons. The fourth-order valence-corrected chi connectivity index (χ4v) is 1.29. The van der Waals surface area contributed by atoms with Gasteiger partial charge in [-0.25, -0.2) is 13.2 Å². The first kappa shape index (κ1) is 10.3. The number of benzene rings is 1. The van der Waals surface area contributed by atoms with E-state index in [9.17, 15) is 13.2 Å². The van der Waals surface area contributed by atoms with Gasteiger partial charge in [0.1, 0.15) is 28.8 Å². The summed E-state index contributed by atoms with van der Waals surface area (Å²) in [5.41, 5.74) is -0.692. The largest absolute Gasteiger partial charge is 0.306 e. The van der Waals surface area contributed by atoms with Crippen molar-refractivity contribution < 1.29 is 13.2 Å². The SMILES string of the molecule is N=Cc1n[nH]nc1-c1c(F)cc(F)cc1F. The number of hydrogen-bond acceptors (Lipinski definition) is 3. The number of hydrogen-bond donors (Lipinski definition) is 2. The molecule has 0 aliphatic rings. The van der Waals surface area contributed by atoms with Crippen LogP contribution in [0.4, 0.5) is 13.2 Å². The fourth-order valence-electron chi connectivity index (χ4n) is 1.29. The summed E-state index contributed by atoms with van der Waals surface area (Å²) < 4.78 is 39.4. The van der Waals surface area contributed by atoms with Crippen LogP contribution in [0.15, 0.2) is 12.1 Å². The predicted molar refractivity (Wildman–Crippen MR) is 49.6 cm³/mol. The summed E-state index contributed by atoms with van der Waals surface area (Å²) in [5.74, 6) is -3.19. The summed E-state index contributed by atoms with van der Waals surface area (Å²) >= 11 is 0. The van der Waals surface area contributed by atoms with Crippen LogP contribution in [-0.4, -0.2) is 21.6 Å². The van der Waals surface area contributed by atoms with Gasteiger partial charge in [-0.1, -0.05) is 0 Å². The van der Waals surface area contributed by atoms with Crippen LogP contribution < -0.4 is 0 Å². The zero-order valence-corrected chi connectivity index (χ0v) is 7.76. The second kappa shape index (κ2) is 3.76. The van der Waals surface area contributed by atoms with Crippen LogP contribution in [-0.2, 0) is 0 Å². The third-order valence-electron chi connectivity index (χ3n) is 1.96. The standard InChI is InChI=1S/C9H5F3N4/c10-4-1-5(11)8(6(12)2-4)9-7(3-13)14-16-15-9/h1-3,13H,(H,14,15,16). The molecule has 16 heavy (non-hydrogen) atoms. The molecular formula is C9H5F3N4. The zero-order chi connectivity index (χ0) is 11.7. The summed E-state index contributed by atoms with van der Waals surface area (Å²) in [6, 6.07) is 1.08. The summed E-state index contributed by atoms with van der Waals surface area (Å²) in [6.07, 6.45) is 0.793. The van der Waals surface area contributed by atoms with Crippen LogP contribution in [0.5, 0.6) is 0 Å². The lowest BCUT2D eigenvalue weighted by Gasteiger charge is -2.02. The lowest BCUT2D eigenvalue weighted by atomic mass is 10.1. The molecule has 4 nitrogen and oxygen atoms in total. The maximum atomic E-state index is 13.4. The van der Waals surface area contributed by atoms with E-state index in [0.717, 1.165) is 6.21 Å². The highest BCUT2D eigenvalue weighted by Crippen LogP contribution is 2.26. The minimum Gasteiger partial charge on any atom is -0.306 e. The quantitative estimate of drug-likeness (QED) is 0.768. The van der Waals surface area contributed by atoms with Crippen LogP contribution in [0.3, 0.4) is 0 Å². The minimum absolute atomic E-state index is 0.0237. The van der Waals surface area contributed by atoms with Crippen molar-refractivity contribution in [2.75, 3.05) is 0 Å².